The fourth-order valence-corrected chi connectivity index (χ4v) is 3.64. The van der Waals surface area contributed by atoms with Gasteiger partial charge < -0.3 is 5.11 Å². The van der Waals surface area contributed by atoms with E-state index in [1.54, 1.807) is 31.5 Å². The molecular weight excluding hydrogens is 326 g/mol. The molecule has 0 saturated carbocycles. The van der Waals surface area contributed by atoms with Gasteiger partial charge in [-0.1, -0.05) is 13.8 Å². The Labute approximate surface area is 142 Å². The molecule has 0 amide bonds. The molecule has 3 rings (SSSR count). The van der Waals surface area contributed by atoms with Crippen molar-refractivity contribution in [3.05, 3.63) is 45.8 Å². The van der Waals surface area contributed by atoms with Gasteiger partial charge in [-0.05, 0) is 31.0 Å². The second-order valence-electron chi connectivity index (χ2n) is 5.39. The number of aliphatic carboxylic acids is 1. The van der Waals surface area contributed by atoms with E-state index in [1.165, 1.54) is 15.9 Å². The van der Waals surface area contributed by atoms with Crippen molar-refractivity contribution in [2.45, 2.75) is 32.7 Å². The van der Waals surface area contributed by atoms with E-state index in [2.05, 4.69) is 9.97 Å². The Morgan fingerprint density at radius 3 is 2.62 bits per heavy atom. The number of pyridine rings is 1. The molecule has 0 aliphatic carbocycles. The van der Waals surface area contributed by atoms with E-state index in [9.17, 15) is 14.7 Å². The van der Waals surface area contributed by atoms with Gasteiger partial charge in [0.25, 0.3) is 5.56 Å². The number of nitrogens with zero attached hydrogens (tertiary/aromatic N) is 3. The van der Waals surface area contributed by atoms with Crippen LogP contribution in [0.25, 0.3) is 21.6 Å². The highest BCUT2D eigenvalue weighted by Crippen LogP contribution is 2.27. The Balaban J connectivity index is 2.39. The standard InChI is InChI=1S/C17H17N3O3S/c1-3-11-9-12-15(24-11)19-14(10-5-7-18-8-6-10)20(16(12)21)13(4-2)17(22)23/h5-9,13H,3-4H2,1-2H3,(H,22,23). The number of rotatable bonds is 5. The van der Waals surface area contributed by atoms with Crippen molar-refractivity contribution in [3.8, 4) is 11.4 Å². The average molecular weight is 343 g/mol. The molecule has 3 aromatic rings. The molecule has 1 atom stereocenters. The maximum atomic E-state index is 13.0. The van der Waals surface area contributed by atoms with Crippen molar-refractivity contribution in [2.75, 3.05) is 0 Å². The molecule has 3 heterocycles. The van der Waals surface area contributed by atoms with Gasteiger partial charge in [-0.2, -0.15) is 0 Å². The summed E-state index contributed by atoms with van der Waals surface area (Å²) in [6, 6.07) is 4.32. The van der Waals surface area contributed by atoms with Crippen molar-refractivity contribution < 1.29 is 9.90 Å². The Morgan fingerprint density at radius 1 is 1.33 bits per heavy atom. The van der Waals surface area contributed by atoms with Crippen molar-refractivity contribution in [2.24, 2.45) is 0 Å². The van der Waals surface area contributed by atoms with Gasteiger partial charge in [0.15, 0.2) is 0 Å². The predicted molar refractivity (Wildman–Crippen MR) is 93.5 cm³/mol. The van der Waals surface area contributed by atoms with E-state index in [-0.39, 0.29) is 5.56 Å². The monoisotopic (exact) mass is 343 g/mol. The first-order valence-corrected chi connectivity index (χ1v) is 8.56. The van der Waals surface area contributed by atoms with E-state index in [4.69, 9.17) is 0 Å². The number of hydrogen-bond donors (Lipinski definition) is 1. The van der Waals surface area contributed by atoms with Crippen LogP contribution in [0.4, 0.5) is 0 Å². The van der Waals surface area contributed by atoms with Crippen LogP contribution in [0.3, 0.4) is 0 Å². The molecule has 0 fully saturated rings. The van der Waals surface area contributed by atoms with Crippen molar-refractivity contribution in [3.63, 3.8) is 0 Å². The lowest BCUT2D eigenvalue weighted by Crippen LogP contribution is -2.31. The van der Waals surface area contributed by atoms with Gasteiger partial charge in [-0.25, -0.2) is 9.78 Å². The number of hydrogen-bond acceptors (Lipinski definition) is 5. The van der Waals surface area contributed by atoms with E-state index < -0.39 is 12.0 Å². The first-order valence-electron chi connectivity index (χ1n) is 7.75. The molecule has 3 aromatic heterocycles. The first kappa shape index (κ1) is 16.3. The fraction of sp³-hybridized carbons (Fsp3) is 0.294. The zero-order valence-corrected chi connectivity index (χ0v) is 14.2. The van der Waals surface area contributed by atoms with Crippen LogP contribution in [0.15, 0.2) is 35.4 Å². The summed E-state index contributed by atoms with van der Waals surface area (Å²) < 4.78 is 1.30. The fourth-order valence-electron chi connectivity index (χ4n) is 2.68. The summed E-state index contributed by atoms with van der Waals surface area (Å²) in [4.78, 5) is 35.0. The van der Waals surface area contributed by atoms with Crippen LogP contribution in [-0.4, -0.2) is 25.6 Å². The molecule has 0 aliphatic rings. The predicted octanol–water partition coefficient (Wildman–Crippen LogP) is 3.12. The maximum absolute atomic E-state index is 13.0. The quantitative estimate of drug-likeness (QED) is 0.769. The number of fused-ring (bicyclic) bond motifs is 1. The molecule has 124 valence electrons. The molecular formula is C17H17N3O3S. The smallest absolute Gasteiger partial charge is 0.326 e. The van der Waals surface area contributed by atoms with Gasteiger partial charge in [-0.3, -0.25) is 14.3 Å². The molecule has 0 radical (unpaired) electrons. The number of aromatic nitrogens is 3. The summed E-state index contributed by atoms with van der Waals surface area (Å²) in [5.41, 5.74) is 0.368. The third kappa shape index (κ3) is 2.71. The largest absolute Gasteiger partial charge is 0.480 e. The second kappa shape index (κ2) is 6.52. The molecule has 0 spiro atoms. The zero-order valence-electron chi connectivity index (χ0n) is 13.4. The van der Waals surface area contributed by atoms with Crippen LogP contribution in [-0.2, 0) is 11.2 Å². The number of thiophene rings is 1. The van der Waals surface area contributed by atoms with Crippen molar-refractivity contribution >= 4 is 27.5 Å². The molecule has 0 saturated heterocycles. The summed E-state index contributed by atoms with van der Waals surface area (Å²) in [7, 11) is 0. The number of carboxylic acid groups (broad SMARTS) is 1. The van der Waals surface area contributed by atoms with Crippen LogP contribution in [0.5, 0.6) is 0 Å². The summed E-state index contributed by atoms with van der Waals surface area (Å²) in [5.74, 6) is -0.671. The zero-order chi connectivity index (χ0) is 17.3. The Hall–Kier alpha value is -2.54. The van der Waals surface area contributed by atoms with Gasteiger partial charge in [-0.15, -0.1) is 11.3 Å². The molecule has 6 nitrogen and oxygen atoms in total. The lowest BCUT2D eigenvalue weighted by molar-refractivity contribution is -0.141. The van der Waals surface area contributed by atoms with Crippen LogP contribution < -0.4 is 5.56 Å². The summed E-state index contributed by atoms with van der Waals surface area (Å²) in [6.45, 7) is 3.76. The normalized spacial score (nSPS) is 12.4. The van der Waals surface area contributed by atoms with E-state index in [1.807, 2.05) is 13.0 Å². The highest BCUT2D eigenvalue weighted by Gasteiger charge is 2.25. The number of carbonyl (C=O) groups is 1. The molecule has 0 aromatic carbocycles. The summed E-state index contributed by atoms with van der Waals surface area (Å²) >= 11 is 1.47. The van der Waals surface area contributed by atoms with Crippen LogP contribution >= 0.6 is 11.3 Å². The molecule has 0 aliphatic heterocycles. The highest BCUT2D eigenvalue weighted by atomic mass is 32.1. The van der Waals surface area contributed by atoms with E-state index >= 15 is 0 Å². The minimum atomic E-state index is -1.04. The molecule has 24 heavy (non-hydrogen) atoms. The van der Waals surface area contributed by atoms with Gasteiger partial charge in [0.05, 0.1) is 5.39 Å². The van der Waals surface area contributed by atoms with E-state index in [0.29, 0.717) is 28.0 Å². The van der Waals surface area contributed by atoms with Crippen molar-refractivity contribution in [1.29, 1.82) is 0 Å². The molecule has 1 unspecified atom stereocenters. The average Bonchev–Trinajstić information content (AvgIpc) is 3.01. The SMILES string of the molecule is CCc1cc2c(=O)n(C(CC)C(=O)O)c(-c3ccncc3)nc2s1. The summed E-state index contributed by atoms with van der Waals surface area (Å²) in [6.07, 6.45) is 4.31. The minimum absolute atomic E-state index is 0.297. The van der Waals surface area contributed by atoms with Gasteiger partial charge in [0.2, 0.25) is 0 Å². The summed E-state index contributed by atoms with van der Waals surface area (Å²) in [5, 5.41) is 10.0. The lowest BCUT2D eigenvalue weighted by atomic mass is 10.1. The van der Waals surface area contributed by atoms with E-state index in [0.717, 1.165) is 11.3 Å². The minimum Gasteiger partial charge on any atom is -0.480 e. The first-order chi connectivity index (χ1) is 11.6. The van der Waals surface area contributed by atoms with Gasteiger partial charge in [0, 0.05) is 22.8 Å². The third-order valence-corrected chi connectivity index (χ3v) is 5.09. The van der Waals surface area contributed by atoms with Crippen LogP contribution in [0.1, 0.15) is 31.2 Å². The lowest BCUT2D eigenvalue weighted by Gasteiger charge is -2.18. The molecule has 0 bridgehead atoms. The third-order valence-electron chi connectivity index (χ3n) is 3.92. The van der Waals surface area contributed by atoms with Crippen molar-refractivity contribution in [1.82, 2.24) is 14.5 Å². The van der Waals surface area contributed by atoms with Gasteiger partial charge >= 0.3 is 5.97 Å². The molecule has 1 N–H and O–H groups in total. The Kier molecular flexibility index (Phi) is 4.44. The topological polar surface area (TPSA) is 85.1 Å². The number of carboxylic acids is 1. The Bertz CT molecular complexity index is 947. The second-order valence-corrected chi connectivity index (χ2v) is 6.51. The van der Waals surface area contributed by atoms with Gasteiger partial charge in [0.1, 0.15) is 16.7 Å². The maximum Gasteiger partial charge on any atom is 0.326 e. The molecule has 7 heteroatoms. The number of aryl methyl sites for hydroxylation is 1. The Morgan fingerprint density at radius 2 is 2.04 bits per heavy atom. The highest BCUT2D eigenvalue weighted by molar-refractivity contribution is 7.18. The van der Waals surface area contributed by atoms with Crippen LogP contribution in [0.2, 0.25) is 0 Å². The van der Waals surface area contributed by atoms with Crippen LogP contribution in [0, 0.1) is 0 Å².